The van der Waals surface area contributed by atoms with Gasteiger partial charge in [0.05, 0.1) is 18.1 Å². The maximum Gasteiger partial charge on any atom is 0.358 e. The van der Waals surface area contributed by atoms with Gasteiger partial charge >= 0.3 is 5.97 Å². The first-order valence-corrected chi connectivity index (χ1v) is 12.7. The Morgan fingerprint density at radius 2 is 1.88 bits per heavy atom. The molecule has 0 atom stereocenters. The molecular formula is C23H24N2O6S2. The number of esters is 1. The minimum absolute atomic E-state index is 0.0575. The summed E-state index contributed by atoms with van der Waals surface area (Å²) in [4.78, 5) is 16.9. The summed E-state index contributed by atoms with van der Waals surface area (Å²) < 4.78 is 43.3. The maximum absolute atomic E-state index is 12.8. The lowest BCUT2D eigenvalue weighted by Crippen LogP contribution is -2.40. The Kier molecular flexibility index (Phi) is 7.39. The lowest BCUT2D eigenvalue weighted by molar-refractivity contribution is 0.0466. The van der Waals surface area contributed by atoms with Gasteiger partial charge in [-0.3, -0.25) is 0 Å². The second kappa shape index (κ2) is 10.4. The van der Waals surface area contributed by atoms with Gasteiger partial charge in [-0.2, -0.15) is 4.31 Å². The van der Waals surface area contributed by atoms with Crippen LogP contribution in [0.3, 0.4) is 0 Å². The van der Waals surface area contributed by atoms with Crippen LogP contribution >= 0.6 is 11.3 Å². The van der Waals surface area contributed by atoms with E-state index in [1.54, 1.807) is 17.5 Å². The van der Waals surface area contributed by atoms with E-state index in [0.29, 0.717) is 36.9 Å². The van der Waals surface area contributed by atoms with Gasteiger partial charge < -0.3 is 14.2 Å². The molecule has 0 amide bonds. The van der Waals surface area contributed by atoms with Crippen molar-refractivity contribution >= 4 is 27.3 Å². The molecule has 4 rings (SSSR count). The third-order valence-corrected chi connectivity index (χ3v) is 7.74. The summed E-state index contributed by atoms with van der Waals surface area (Å²) in [6.45, 7) is 3.59. The minimum atomic E-state index is -3.62. The predicted molar refractivity (Wildman–Crippen MR) is 123 cm³/mol. The molecule has 3 aromatic rings. The van der Waals surface area contributed by atoms with Gasteiger partial charge in [-0.25, -0.2) is 18.2 Å². The Balaban J connectivity index is 1.33. The third-order valence-electron chi connectivity index (χ3n) is 5.02. The normalized spacial score (nSPS) is 14.7. The van der Waals surface area contributed by atoms with E-state index in [-0.39, 0.29) is 23.8 Å². The van der Waals surface area contributed by atoms with Crippen LogP contribution in [0.5, 0.6) is 5.75 Å². The molecule has 174 valence electrons. The van der Waals surface area contributed by atoms with Gasteiger partial charge in [-0.05, 0) is 36.8 Å². The summed E-state index contributed by atoms with van der Waals surface area (Å²) in [5.74, 6) is 0.154. The van der Waals surface area contributed by atoms with Crippen molar-refractivity contribution in [3.63, 3.8) is 0 Å². The van der Waals surface area contributed by atoms with E-state index < -0.39 is 16.0 Å². The van der Waals surface area contributed by atoms with Crippen LogP contribution in [0.15, 0.2) is 58.8 Å². The van der Waals surface area contributed by atoms with Gasteiger partial charge in [0.2, 0.25) is 10.0 Å². The second-order valence-electron chi connectivity index (χ2n) is 7.47. The fraction of sp³-hybridized carbons (Fsp3) is 0.304. The lowest BCUT2D eigenvalue weighted by atomic mass is 10.2. The number of sulfonamides is 1. The Morgan fingerprint density at radius 3 is 2.64 bits per heavy atom. The first-order valence-electron chi connectivity index (χ1n) is 10.4. The van der Waals surface area contributed by atoms with E-state index in [9.17, 15) is 13.2 Å². The fourth-order valence-electron chi connectivity index (χ4n) is 3.21. The van der Waals surface area contributed by atoms with Crippen LogP contribution in [0.2, 0.25) is 0 Å². The van der Waals surface area contributed by atoms with E-state index in [2.05, 4.69) is 4.98 Å². The average Bonchev–Trinajstić information content (AvgIpc) is 3.32. The van der Waals surface area contributed by atoms with Gasteiger partial charge in [0, 0.05) is 18.5 Å². The zero-order valence-corrected chi connectivity index (χ0v) is 19.7. The molecule has 0 N–H and O–H groups in total. The number of ether oxygens (including phenoxy) is 3. The molecule has 0 spiro atoms. The Labute approximate surface area is 196 Å². The zero-order valence-electron chi connectivity index (χ0n) is 18.1. The Bertz CT molecular complexity index is 1200. The smallest absolute Gasteiger partial charge is 0.358 e. The first kappa shape index (κ1) is 23.4. The Morgan fingerprint density at radius 1 is 1.12 bits per heavy atom. The number of thiazole rings is 1. The molecule has 2 aromatic carbocycles. The van der Waals surface area contributed by atoms with Crippen LogP contribution in [-0.4, -0.2) is 50.0 Å². The molecular weight excluding hydrogens is 464 g/mol. The molecule has 0 radical (unpaired) electrons. The summed E-state index contributed by atoms with van der Waals surface area (Å²) in [5, 5.41) is 2.27. The molecule has 10 heteroatoms. The molecule has 33 heavy (non-hydrogen) atoms. The number of hydrogen-bond donors (Lipinski definition) is 0. The minimum Gasteiger partial charge on any atom is -0.486 e. The van der Waals surface area contributed by atoms with Crippen molar-refractivity contribution in [2.45, 2.75) is 25.0 Å². The summed E-state index contributed by atoms with van der Waals surface area (Å²) in [6.07, 6.45) is 0. The van der Waals surface area contributed by atoms with Gasteiger partial charge in [0.25, 0.3) is 0 Å². The number of aryl methyl sites for hydroxylation is 1. The highest BCUT2D eigenvalue weighted by atomic mass is 32.2. The lowest BCUT2D eigenvalue weighted by Gasteiger charge is -2.26. The number of hydrogen-bond acceptors (Lipinski definition) is 8. The first-order chi connectivity index (χ1) is 15.9. The van der Waals surface area contributed by atoms with Crippen LogP contribution in [0.1, 0.15) is 26.6 Å². The highest BCUT2D eigenvalue weighted by Crippen LogP contribution is 2.20. The SMILES string of the molecule is Cc1ccc(OCc2nc(C(=O)OCc3cccc(S(=O)(=O)N4CCOCC4)c3)cs2)cc1. The second-order valence-corrected chi connectivity index (χ2v) is 10.3. The molecule has 2 heterocycles. The highest BCUT2D eigenvalue weighted by Gasteiger charge is 2.26. The van der Waals surface area contributed by atoms with Crippen LogP contribution < -0.4 is 4.74 Å². The van der Waals surface area contributed by atoms with E-state index in [4.69, 9.17) is 14.2 Å². The van der Waals surface area contributed by atoms with Crippen molar-refractivity contribution in [2.24, 2.45) is 0 Å². The van der Waals surface area contributed by atoms with Crippen LogP contribution in [0.4, 0.5) is 0 Å². The quantitative estimate of drug-likeness (QED) is 0.449. The molecule has 0 bridgehead atoms. The number of rotatable bonds is 8. The molecule has 1 aliphatic rings. The highest BCUT2D eigenvalue weighted by molar-refractivity contribution is 7.89. The number of aromatic nitrogens is 1. The monoisotopic (exact) mass is 488 g/mol. The van der Waals surface area contributed by atoms with Crippen LogP contribution in [-0.2, 0) is 32.7 Å². The summed E-state index contributed by atoms with van der Waals surface area (Å²) in [5.41, 5.74) is 1.92. The largest absolute Gasteiger partial charge is 0.486 e. The summed E-state index contributed by atoms with van der Waals surface area (Å²) >= 11 is 1.31. The van der Waals surface area contributed by atoms with Crippen molar-refractivity contribution < 1.29 is 27.4 Å². The van der Waals surface area contributed by atoms with Crippen molar-refractivity contribution in [3.05, 3.63) is 75.7 Å². The van der Waals surface area contributed by atoms with Crippen molar-refractivity contribution in [3.8, 4) is 5.75 Å². The zero-order chi connectivity index (χ0) is 23.3. The van der Waals surface area contributed by atoms with Crippen LogP contribution in [0, 0.1) is 6.92 Å². The van der Waals surface area contributed by atoms with Crippen molar-refractivity contribution in [1.82, 2.24) is 9.29 Å². The standard InChI is InChI=1S/C23H24N2O6S2/c1-17-5-7-19(8-6-17)30-15-22-24-21(16-32-22)23(26)31-14-18-3-2-4-20(13-18)33(27,28)25-9-11-29-12-10-25/h2-8,13,16H,9-12,14-15H2,1H3. The van der Waals surface area contributed by atoms with Crippen molar-refractivity contribution in [2.75, 3.05) is 26.3 Å². The number of carbonyl (C=O) groups is 1. The molecule has 0 aliphatic carbocycles. The topological polar surface area (TPSA) is 95.0 Å². The van der Waals surface area contributed by atoms with Gasteiger partial charge in [-0.15, -0.1) is 11.3 Å². The molecule has 1 fully saturated rings. The summed E-state index contributed by atoms with van der Waals surface area (Å²) in [7, 11) is -3.62. The average molecular weight is 489 g/mol. The van der Waals surface area contributed by atoms with Crippen LogP contribution in [0.25, 0.3) is 0 Å². The molecule has 1 aromatic heterocycles. The molecule has 0 unspecified atom stereocenters. The third kappa shape index (κ3) is 5.97. The Hall–Kier alpha value is -2.79. The van der Waals surface area contributed by atoms with E-state index in [1.165, 1.54) is 27.8 Å². The molecule has 8 nitrogen and oxygen atoms in total. The summed E-state index contributed by atoms with van der Waals surface area (Å²) in [6, 6.07) is 14.1. The molecule has 1 aliphatic heterocycles. The fourth-order valence-corrected chi connectivity index (χ4v) is 5.36. The number of nitrogens with zero attached hydrogens (tertiary/aromatic N) is 2. The molecule has 0 saturated carbocycles. The molecule has 1 saturated heterocycles. The van der Waals surface area contributed by atoms with Gasteiger partial charge in [-0.1, -0.05) is 29.8 Å². The van der Waals surface area contributed by atoms with E-state index >= 15 is 0 Å². The predicted octanol–water partition coefficient (Wildman–Crippen LogP) is 3.41. The van der Waals surface area contributed by atoms with E-state index in [1.807, 2.05) is 31.2 Å². The number of carbonyl (C=O) groups excluding carboxylic acids is 1. The maximum atomic E-state index is 12.8. The van der Waals surface area contributed by atoms with Gasteiger partial charge in [0.1, 0.15) is 24.0 Å². The van der Waals surface area contributed by atoms with Crippen molar-refractivity contribution in [1.29, 1.82) is 0 Å². The van der Waals surface area contributed by atoms with E-state index in [0.717, 1.165) is 11.3 Å². The number of morpholine rings is 1. The number of benzene rings is 2. The van der Waals surface area contributed by atoms with Gasteiger partial charge in [0.15, 0.2) is 5.69 Å².